The fraction of sp³-hybridized carbons (Fsp3) is 0.571. The monoisotopic (exact) mass is 171 g/mol. The van der Waals surface area contributed by atoms with E-state index in [1.807, 2.05) is 0 Å². The van der Waals surface area contributed by atoms with Gasteiger partial charge in [-0.05, 0) is 6.92 Å². The number of methoxy groups -OCH3 is 1. The molecule has 0 saturated heterocycles. The van der Waals surface area contributed by atoms with Crippen LogP contribution in [0.2, 0.25) is 0 Å². The van der Waals surface area contributed by atoms with Gasteiger partial charge in [-0.1, -0.05) is 0 Å². The van der Waals surface area contributed by atoms with Gasteiger partial charge in [0.1, 0.15) is 0 Å². The molecule has 0 bridgehead atoms. The van der Waals surface area contributed by atoms with E-state index in [2.05, 4.69) is 4.98 Å². The smallest absolute Gasteiger partial charge is 0.297 e. The molecule has 1 aromatic heterocycles. The summed E-state index contributed by atoms with van der Waals surface area (Å²) in [5.74, 6) is 0. The summed E-state index contributed by atoms with van der Waals surface area (Å²) in [5.41, 5.74) is 6.90. The van der Waals surface area contributed by atoms with Crippen LogP contribution >= 0.6 is 0 Å². The Hall–Kier alpha value is -1.07. The first-order chi connectivity index (χ1) is 5.74. The van der Waals surface area contributed by atoms with Crippen molar-refractivity contribution in [3.8, 4) is 6.01 Å². The predicted molar refractivity (Wildman–Crippen MR) is 43.6 cm³/mol. The van der Waals surface area contributed by atoms with Crippen LogP contribution in [0.15, 0.2) is 0 Å². The second kappa shape index (κ2) is 3.55. The largest absolute Gasteiger partial charge is 0.468 e. The summed E-state index contributed by atoms with van der Waals surface area (Å²) in [6.07, 6.45) is 0. The van der Waals surface area contributed by atoms with E-state index in [1.165, 1.54) is 7.11 Å². The van der Waals surface area contributed by atoms with Crippen molar-refractivity contribution in [2.24, 2.45) is 5.73 Å². The lowest BCUT2D eigenvalue weighted by molar-refractivity contribution is 0.265. The number of ether oxygens (including phenoxy) is 1. The highest BCUT2D eigenvalue weighted by molar-refractivity contribution is 5.18. The summed E-state index contributed by atoms with van der Waals surface area (Å²) >= 11 is 0. The van der Waals surface area contributed by atoms with Gasteiger partial charge in [-0.15, -0.1) is 0 Å². The number of nitrogens with two attached hydrogens (primary N) is 1. The van der Waals surface area contributed by atoms with Crippen molar-refractivity contribution in [2.75, 3.05) is 7.11 Å². The standard InChI is InChI=1S/C7H13N3O2/c1-5-6(3-11)10(4-8)7(9-5)12-2/h11H,3-4,8H2,1-2H3. The molecule has 0 aromatic carbocycles. The summed E-state index contributed by atoms with van der Waals surface area (Å²) in [5, 5.41) is 8.97. The van der Waals surface area contributed by atoms with E-state index in [1.54, 1.807) is 11.5 Å². The fourth-order valence-electron chi connectivity index (χ4n) is 1.12. The minimum Gasteiger partial charge on any atom is -0.468 e. The Morgan fingerprint density at radius 3 is 2.75 bits per heavy atom. The van der Waals surface area contributed by atoms with Crippen LogP contribution < -0.4 is 10.5 Å². The molecule has 3 N–H and O–H groups in total. The minimum atomic E-state index is -0.0700. The molecule has 0 fully saturated rings. The van der Waals surface area contributed by atoms with Crippen molar-refractivity contribution in [3.63, 3.8) is 0 Å². The fourth-order valence-corrected chi connectivity index (χ4v) is 1.12. The number of rotatable bonds is 3. The number of aryl methyl sites for hydroxylation is 1. The van der Waals surface area contributed by atoms with Crippen molar-refractivity contribution < 1.29 is 9.84 Å². The number of aliphatic hydroxyl groups excluding tert-OH is 1. The maximum absolute atomic E-state index is 8.97. The van der Waals surface area contributed by atoms with Crippen LogP contribution in [0.3, 0.4) is 0 Å². The normalized spacial score (nSPS) is 10.3. The molecule has 0 aliphatic carbocycles. The van der Waals surface area contributed by atoms with Crippen LogP contribution in [-0.2, 0) is 13.3 Å². The van der Waals surface area contributed by atoms with Crippen LogP contribution in [0.25, 0.3) is 0 Å². The summed E-state index contributed by atoms with van der Waals surface area (Å²) in [6.45, 7) is 2.00. The summed E-state index contributed by atoms with van der Waals surface area (Å²) in [4.78, 5) is 4.07. The molecule has 5 nitrogen and oxygen atoms in total. The number of hydrogen-bond acceptors (Lipinski definition) is 4. The molecule has 12 heavy (non-hydrogen) atoms. The molecule has 0 unspecified atom stereocenters. The van der Waals surface area contributed by atoms with Gasteiger partial charge in [0.25, 0.3) is 6.01 Å². The van der Waals surface area contributed by atoms with Crippen LogP contribution in [-0.4, -0.2) is 21.8 Å². The maximum Gasteiger partial charge on any atom is 0.297 e. The molecule has 0 aliphatic rings. The zero-order chi connectivity index (χ0) is 9.14. The Morgan fingerprint density at radius 1 is 1.67 bits per heavy atom. The van der Waals surface area contributed by atoms with E-state index in [-0.39, 0.29) is 13.3 Å². The highest BCUT2D eigenvalue weighted by atomic mass is 16.5. The van der Waals surface area contributed by atoms with Gasteiger partial charge < -0.3 is 15.6 Å². The number of nitrogens with zero attached hydrogens (tertiary/aromatic N) is 2. The lowest BCUT2D eigenvalue weighted by Gasteiger charge is -2.05. The highest BCUT2D eigenvalue weighted by Gasteiger charge is 2.11. The molecule has 0 amide bonds. The molecule has 5 heteroatoms. The SMILES string of the molecule is COc1nc(C)c(CO)n1CN. The summed E-state index contributed by atoms with van der Waals surface area (Å²) in [7, 11) is 1.52. The molecule has 0 spiro atoms. The Labute approximate surface area is 70.8 Å². The van der Waals surface area contributed by atoms with Gasteiger partial charge >= 0.3 is 0 Å². The first-order valence-corrected chi connectivity index (χ1v) is 3.65. The van der Waals surface area contributed by atoms with Crippen molar-refractivity contribution in [1.29, 1.82) is 0 Å². The lowest BCUT2D eigenvalue weighted by Crippen LogP contribution is -2.12. The first-order valence-electron chi connectivity index (χ1n) is 3.65. The van der Waals surface area contributed by atoms with Gasteiger partial charge in [0.2, 0.25) is 0 Å². The Morgan fingerprint density at radius 2 is 2.33 bits per heavy atom. The van der Waals surface area contributed by atoms with E-state index < -0.39 is 0 Å². The third-order valence-electron chi connectivity index (χ3n) is 1.75. The van der Waals surface area contributed by atoms with Crippen LogP contribution in [0.1, 0.15) is 11.4 Å². The molecule has 1 aromatic rings. The average Bonchev–Trinajstić information content (AvgIpc) is 2.40. The second-order valence-corrected chi connectivity index (χ2v) is 2.40. The van der Waals surface area contributed by atoms with E-state index in [4.69, 9.17) is 15.6 Å². The molecule has 0 aliphatic heterocycles. The Bertz CT molecular complexity index is 270. The highest BCUT2D eigenvalue weighted by Crippen LogP contribution is 2.15. The molecular formula is C7H13N3O2. The van der Waals surface area contributed by atoms with Crippen LogP contribution in [0, 0.1) is 6.92 Å². The summed E-state index contributed by atoms with van der Waals surface area (Å²) in [6, 6.07) is 0.444. The minimum absolute atomic E-state index is 0.0700. The topological polar surface area (TPSA) is 73.3 Å². The number of imidazole rings is 1. The molecule has 1 rings (SSSR count). The first kappa shape index (κ1) is 9.02. The van der Waals surface area contributed by atoms with E-state index in [9.17, 15) is 0 Å². The molecule has 0 saturated carbocycles. The predicted octanol–water partition coefficient (Wildman–Crippen LogP) is -0.391. The van der Waals surface area contributed by atoms with E-state index in [0.717, 1.165) is 5.69 Å². The van der Waals surface area contributed by atoms with Crippen molar-refractivity contribution >= 4 is 0 Å². The molecular weight excluding hydrogens is 158 g/mol. The Kier molecular flexibility index (Phi) is 2.67. The zero-order valence-electron chi connectivity index (χ0n) is 7.24. The third kappa shape index (κ3) is 1.28. The van der Waals surface area contributed by atoms with Gasteiger partial charge in [0, 0.05) is 0 Å². The number of aliphatic hydroxyl groups is 1. The molecule has 0 radical (unpaired) electrons. The quantitative estimate of drug-likeness (QED) is 0.649. The van der Waals surface area contributed by atoms with Gasteiger partial charge in [-0.3, -0.25) is 4.57 Å². The summed E-state index contributed by atoms with van der Waals surface area (Å²) < 4.78 is 6.59. The average molecular weight is 171 g/mol. The maximum atomic E-state index is 8.97. The van der Waals surface area contributed by atoms with Crippen molar-refractivity contribution in [3.05, 3.63) is 11.4 Å². The van der Waals surface area contributed by atoms with Gasteiger partial charge in [-0.2, -0.15) is 0 Å². The second-order valence-electron chi connectivity index (χ2n) is 2.40. The zero-order valence-corrected chi connectivity index (χ0v) is 7.24. The molecule has 68 valence electrons. The number of hydrogen-bond donors (Lipinski definition) is 2. The van der Waals surface area contributed by atoms with Crippen molar-refractivity contribution in [2.45, 2.75) is 20.2 Å². The van der Waals surface area contributed by atoms with Gasteiger partial charge in [0.15, 0.2) is 0 Å². The van der Waals surface area contributed by atoms with E-state index in [0.29, 0.717) is 11.7 Å². The number of aromatic nitrogens is 2. The Balaban J connectivity index is 3.16. The van der Waals surface area contributed by atoms with Crippen LogP contribution in [0.4, 0.5) is 0 Å². The van der Waals surface area contributed by atoms with E-state index >= 15 is 0 Å². The lowest BCUT2D eigenvalue weighted by atomic mass is 10.3. The van der Waals surface area contributed by atoms with Crippen LogP contribution in [0.5, 0.6) is 6.01 Å². The molecule has 1 heterocycles. The van der Waals surface area contributed by atoms with Crippen molar-refractivity contribution in [1.82, 2.24) is 9.55 Å². The van der Waals surface area contributed by atoms with Gasteiger partial charge in [-0.25, -0.2) is 4.98 Å². The third-order valence-corrected chi connectivity index (χ3v) is 1.75. The van der Waals surface area contributed by atoms with Gasteiger partial charge in [0.05, 0.1) is 31.8 Å². The molecule has 0 atom stereocenters.